The van der Waals surface area contributed by atoms with Gasteiger partial charge in [0.2, 0.25) is 23.6 Å². The summed E-state index contributed by atoms with van der Waals surface area (Å²) < 4.78 is 0. The number of carbonyl (C=O) groups is 6. The fourth-order valence-electron chi connectivity index (χ4n) is 2.51. The molecule has 0 aromatic carbocycles. The number of thiol groups is 1. The van der Waals surface area contributed by atoms with E-state index < -0.39 is 72.1 Å². The molecule has 0 aliphatic rings. The molecule has 9 N–H and O–H groups in total. The average Bonchev–Trinajstić information content (AvgIpc) is 2.71. The molecule has 0 radical (unpaired) electrons. The third kappa shape index (κ3) is 10.4. The molecule has 0 fully saturated rings. The Bertz CT molecular complexity index is 719. The van der Waals surface area contributed by atoms with Gasteiger partial charge in [0, 0.05) is 12.2 Å². The summed E-state index contributed by atoms with van der Waals surface area (Å²) in [6, 6.07) is -5.29. The minimum absolute atomic E-state index is 0.0486. The lowest BCUT2D eigenvalue weighted by atomic mass is 9.97. The molecule has 0 saturated carbocycles. The lowest BCUT2D eigenvalue weighted by Crippen LogP contribution is -2.59. The van der Waals surface area contributed by atoms with E-state index in [2.05, 4.69) is 28.6 Å². The fourth-order valence-corrected chi connectivity index (χ4v) is 2.67. The van der Waals surface area contributed by atoms with Crippen LogP contribution in [0.1, 0.15) is 39.5 Å². The van der Waals surface area contributed by atoms with Gasteiger partial charge in [-0.25, -0.2) is 4.79 Å². The number of primary amides is 1. The first kappa shape index (κ1) is 29.1. The maximum Gasteiger partial charge on any atom is 0.326 e. The first-order valence-corrected chi connectivity index (χ1v) is 10.5. The van der Waals surface area contributed by atoms with E-state index in [4.69, 9.17) is 16.6 Å². The molecule has 5 atom stereocenters. The van der Waals surface area contributed by atoms with Crippen molar-refractivity contribution in [1.29, 1.82) is 0 Å². The molecule has 0 rings (SSSR count). The van der Waals surface area contributed by atoms with Crippen LogP contribution in [0, 0.1) is 5.92 Å². The molecule has 13 nitrogen and oxygen atoms in total. The fraction of sp³-hybridized carbons (Fsp3) is 0.667. The topological polar surface area (TPSA) is 231 Å². The van der Waals surface area contributed by atoms with Gasteiger partial charge in [0.05, 0.1) is 12.5 Å². The van der Waals surface area contributed by atoms with E-state index in [-0.39, 0.29) is 18.6 Å². The smallest absolute Gasteiger partial charge is 0.326 e. The molecular weight excluding hydrogens is 446 g/mol. The van der Waals surface area contributed by atoms with E-state index >= 15 is 0 Å². The monoisotopic (exact) mass is 477 g/mol. The van der Waals surface area contributed by atoms with Crippen LogP contribution >= 0.6 is 12.6 Å². The minimum Gasteiger partial charge on any atom is -0.481 e. The van der Waals surface area contributed by atoms with Crippen LogP contribution in [0.3, 0.4) is 0 Å². The van der Waals surface area contributed by atoms with Crippen molar-refractivity contribution in [3.8, 4) is 0 Å². The van der Waals surface area contributed by atoms with Crippen LogP contribution in [0.25, 0.3) is 0 Å². The van der Waals surface area contributed by atoms with Gasteiger partial charge in [0.25, 0.3) is 0 Å². The number of carbonyl (C=O) groups excluding carboxylic acids is 4. The molecule has 4 amide bonds. The zero-order valence-corrected chi connectivity index (χ0v) is 18.8. The number of carboxylic acid groups (broad SMARTS) is 2. The highest BCUT2D eigenvalue weighted by Crippen LogP contribution is 2.10. The molecule has 0 aromatic heterocycles. The first-order chi connectivity index (χ1) is 14.8. The molecule has 0 aromatic rings. The van der Waals surface area contributed by atoms with Gasteiger partial charge < -0.3 is 37.6 Å². The Hall–Kier alpha value is -2.87. The van der Waals surface area contributed by atoms with Crippen LogP contribution in [-0.4, -0.2) is 75.7 Å². The highest BCUT2D eigenvalue weighted by atomic mass is 32.1. The molecule has 32 heavy (non-hydrogen) atoms. The summed E-state index contributed by atoms with van der Waals surface area (Å²) in [5.74, 6) is -6.67. The number of aliphatic carboxylic acids is 2. The van der Waals surface area contributed by atoms with Gasteiger partial charge in [-0.3, -0.25) is 24.0 Å². The third-order valence-electron chi connectivity index (χ3n) is 4.63. The molecule has 0 spiro atoms. The van der Waals surface area contributed by atoms with Crippen LogP contribution in [0.5, 0.6) is 0 Å². The van der Waals surface area contributed by atoms with Gasteiger partial charge in [-0.1, -0.05) is 20.3 Å². The van der Waals surface area contributed by atoms with Gasteiger partial charge >= 0.3 is 11.9 Å². The molecule has 0 heterocycles. The molecule has 182 valence electrons. The number of nitrogens with one attached hydrogen (secondary N) is 3. The van der Waals surface area contributed by atoms with Crippen LogP contribution < -0.4 is 27.4 Å². The van der Waals surface area contributed by atoms with Crippen molar-refractivity contribution in [2.24, 2.45) is 17.4 Å². The quantitative estimate of drug-likeness (QED) is 0.117. The molecule has 5 unspecified atom stereocenters. The molecule has 0 bridgehead atoms. The number of hydrogen-bond acceptors (Lipinski definition) is 8. The van der Waals surface area contributed by atoms with E-state index in [1.54, 1.807) is 13.8 Å². The number of hydrogen-bond donors (Lipinski definition) is 8. The van der Waals surface area contributed by atoms with E-state index in [0.717, 1.165) is 0 Å². The highest BCUT2D eigenvalue weighted by molar-refractivity contribution is 7.80. The lowest BCUT2D eigenvalue weighted by molar-refractivity contribution is -0.144. The Labute approximate surface area is 190 Å². The molecule has 0 saturated heterocycles. The highest BCUT2D eigenvalue weighted by Gasteiger charge is 2.33. The predicted molar refractivity (Wildman–Crippen MR) is 115 cm³/mol. The Morgan fingerprint density at radius 1 is 0.938 bits per heavy atom. The maximum absolute atomic E-state index is 12.7. The van der Waals surface area contributed by atoms with E-state index in [1.165, 1.54) is 0 Å². The van der Waals surface area contributed by atoms with Gasteiger partial charge in [0.1, 0.15) is 18.1 Å². The van der Waals surface area contributed by atoms with Crippen LogP contribution in [0.2, 0.25) is 0 Å². The summed E-state index contributed by atoms with van der Waals surface area (Å²) in [6.45, 7) is 3.34. The molecule has 0 aliphatic carbocycles. The zero-order valence-electron chi connectivity index (χ0n) is 17.9. The van der Waals surface area contributed by atoms with Crippen molar-refractivity contribution >= 4 is 48.2 Å². The minimum atomic E-state index is -1.53. The largest absolute Gasteiger partial charge is 0.481 e. The summed E-state index contributed by atoms with van der Waals surface area (Å²) >= 11 is 3.87. The molecule has 14 heteroatoms. The number of nitrogens with two attached hydrogens (primary N) is 2. The van der Waals surface area contributed by atoms with Gasteiger partial charge in [0.15, 0.2) is 0 Å². The Kier molecular flexibility index (Phi) is 13.0. The average molecular weight is 478 g/mol. The normalized spacial score (nSPS) is 15.4. The van der Waals surface area contributed by atoms with Crippen molar-refractivity contribution in [3.05, 3.63) is 0 Å². The second kappa shape index (κ2) is 14.2. The number of rotatable bonds is 15. The lowest BCUT2D eigenvalue weighted by Gasteiger charge is -2.27. The predicted octanol–water partition coefficient (Wildman–Crippen LogP) is -2.43. The molecular formula is C18H31N5O8S. The summed E-state index contributed by atoms with van der Waals surface area (Å²) in [4.78, 5) is 70.8. The van der Waals surface area contributed by atoms with Crippen LogP contribution in [-0.2, 0) is 28.8 Å². The van der Waals surface area contributed by atoms with Gasteiger partial charge in [-0.15, -0.1) is 0 Å². The zero-order chi connectivity index (χ0) is 25.0. The first-order valence-electron chi connectivity index (χ1n) is 9.84. The standard InChI is InChI=1S/C18H31N5O8S/c1-3-8(2)14(17(29)21-10(18(30)31)4-5-12(20)24)23-16(28)11(6-13(25)26)22-15(27)9(19)7-32/h8-11,14,32H,3-7,19H2,1-2H3,(H2,20,24)(H,21,29)(H,22,27)(H,23,28)(H,25,26)(H,30,31). The van der Waals surface area contributed by atoms with Gasteiger partial charge in [-0.05, 0) is 12.3 Å². The van der Waals surface area contributed by atoms with Crippen molar-refractivity contribution in [3.63, 3.8) is 0 Å². The number of amides is 4. The van der Waals surface area contributed by atoms with E-state index in [9.17, 15) is 33.9 Å². The Balaban J connectivity index is 5.54. The van der Waals surface area contributed by atoms with Crippen LogP contribution in [0.15, 0.2) is 0 Å². The van der Waals surface area contributed by atoms with E-state index in [0.29, 0.717) is 6.42 Å². The Morgan fingerprint density at radius 3 is 1.94 bits per heavy atom. The second-order valence-electron chi connectivity index (χ2n) is 7.22. The van der Waals surface area contributed by atoms with E-state index in [1.807, 2.05) is 0 Å². The van der Waals surface area contributed by atoms with Crippen molar-refractivity contribution in [1.82, 2.24) is 16.0 Å². The number of carboxylic acids is 2. The SMILES string of the molecule is CCC(C)C(NC(=O)C(CC(=O)O)NC(=O)C(N)CS)C(=O)NC(CCC(N)=O)C(=O)O. The third-order valence-corrected chi connectivity index (χ3v) is 5.03. The van der Waals surface area contributed by atoms with Crippen molar-refractivity contribution in [2.75, 3.05) is 5.75 Å². The summed E-state index contributed by atoms with van der Waals surface area (Å²) in [7, 11) is 0. The van der Waals surface area contributed by atoms with Gasteiger partial charge in [-0.2, -0.15) is 12.6 Å². The Morgan fingerprint density at radius 2 is 1.50 bits per heavy atom. The summed E-state index contributed by atoms with van der Waals surface area (Å²) in [6.07, 6.45) is -0.910. The second-order valence-corrected chi connectivity index (χ2v) is 7.59. The van der Waals surface area contributed by atoms with Crippen LogP contribution in [0.4, 0.5) is 0 Å². The molecule has 0 aliphatic heterocycles. The van der Waals surface area contributed by atoms with Crippen molar-refractivity contribution in [2.45, 2.75) is 63.7 Å². The summed E-state index contributed by atoms with van der Waals surface area (Å²) in [5, 5.41) is 25.2. The van der Waals surface area contributed by atoms with Crippen molar-refractivity contribution < 1.29 is 39.0 Å². The maximum atomic E-state index is 12.7. The summed E-state index contributed by atoms with van der Waals surface area (Å²) in [5.41, 5.74) is 10.5.